The van der Waals surface area contributed by atoms with Crippen molar-refractivity contribution >= 4 is 0 Å². The standard InChI is InChI=1S/C6H14O5/c1-2-3-5(8,9)6(10,11)4-7/h7-11H,2-4H2,1H3. The molecule has 68 valence electrons. The zero-order valence-corrected chi connectivity index (χ0v) is 6.36. The molecule has 0 aromatic carbocycles. The van der Waals surface area contributed by atoms with Crippen LogP contribution in [0.3, 0.4) is 0 Å². The van der Waals surface area contributed by atoms with Gasteiger partial charge in [0.25, 0.3) is 0 Å². The average Bonchev–Trinajstić information content (AvgIpc) is 1.87. The van der Waals surface area contributed by atoms with Gasteiger partial charge in [-0.2, -0.15) is 0 Å². The molecule has 0 atom stereocenters. The minimum Gasteiger partial charge on any atom is -0.391 e. The highest BCUT2D eigenvalue weighted by Gasteiger charge is 2.45. The lowest BCUT2D eigenvalue weighted by Gasteiger charge is -2.33. The van der Waals surface area contributed by atoms with Crippen molar-refractivity contribution < 1.29 is 25.5 Å². The zero-order chi connectivity index (χ0) is 9.12. The van der Waals surface area contributed by atoms with Gasteiger partial charge in [0.15, 0.2) is 0 Å². The molecule has 0 saturated heterocycles. The maximum absolute atomic E-state index is 8.94. The van der Waals surface area contributed by atoms with Crippen LogP contribution in [0.25, 0.3) is 0 Å². The van der Waals surface area contributed by atoms with Crippen LogP contribution < -0.4 is 0 Å². The largest absolute Gasteiger partial charge is 0.391 e. The Hall–Kier alpha value is -0.200. The lowest BCUT2D eigenvalue weighted by Crippen LogP contribution is -2.56. The summed E-state index contributed by atoms with van der Waals surface area (Å²) in [6, 6.07) is 0. The predicted molar refractivity (Wildman–Crippen MR) is 36.3 cm³/mol. The molecule has 0 radical (unpaired) electrons. The van der Waals surface area contributed by atoms with Crippen LogP contribution in [0.15, 0.2) is 0 Å². The summed E-state index contributed by atoms with van der Waals surface area (Å²) in [6.45, 7) is 0.536. The van der Waals surface area contributed by atoms with Crippen LogP contribution in [-0.2, 0) is 0 Å². The van der Waals surface area contributed by atoms with Crippen LogP contribution in [0.5, 0.6) is 0 Å². The molecule has 5 N–H and O–H groups in total. The molecule has 0 bridgehead atoms. The Bertz CT molecular complexity index is 120. The molecule has 0 aliphatic rings. The average molecular weight is 166 g/mol. The lowest BCUT2D eigenvalue weighted by molar-refractivity contribution is -0.367. The monoisotopic (exact) mass is 166 g/mol. The summed E-state index contributed by atoms with van der Waals surface area (Å²) in [7, 11) is 0. The van der Waals surface area contributed by atoms with Crippen molar-refractivity contribution in [3.8, 4) is 0 Å². The highest BCUT2D eigenvalue weighted by atomic mass is 16.6. The molecule has 5 heteroatoms. The van der Waals surface area contributed by atoms with Crippen molar-refractivity contribution in [3.63, 3.8) is 0 Å². The van der Waals surface area contributed by atoms with Gasteiger partial charge in [-0.15, -0.1) is 0 Å². The molecule has 0 fully saturated rings. The van der Waals surface area contributed by atoms with E-state index in [-0.39, 0.29) is 6.42 Å². The van der Waals surface area contributed by atoms with Crippen molar-refractivity contribution in [2.24, 2.45) is 0 Å². The second kappa shape index (κ2) is 3.46. The third-order valence-corrected chi connectivity index (χ3v) is 1.46. The van der Waals surface area contributed by atoms with Gasteiger partial charge in [-0.25, -0.2) is 0 Å². The van der Waals surface area contributed by atoms with Crippen LogP contribution in [0.2, 0.25) is 0 Å². The van der Waals surface area contributed by atoms with Gasteiger partial charge >= 0.3 is 0 Å². The molecule has 0 heterocycles. The predicted octanol–water partition coefficient (Wildman–Crippen LogP) is -1.86. The Labute approximate surface area is 64.5 Å². The van der Waals surface area contributed by atoms with Crippen molar-refractivity contribution in [2.45, 2.75) is 31.3 Å². The maximum Gasteiger partial charge on any atom is 0.242 e. The van der Waals surface area contributed by atoms with Crippen molar-refractivity contribution in [2.75, 3.05) is 6.61 Å². The van der Waals surface area contributed by atoms with Crippen LogP contribution >= 0.6 is 0 Å². The van der Waals surface area contributed by atoms with E-state index in [9.17, 15) is 0 Å². The third-order valence-electron chi connectivity index (χ3n) is 1.46. The van der Waals surface area contributed by atoms with E-state index < -0.39 is 18.2 Å². The van der Waals surface area contributed by atoms with E-state index in [1.807, 2.05) is 0 Å². The van der Waals surface area contributed by atoms with E-state index in [1.54, 1.807) is 6.92 Å². The quantitative estimate of drug-likeness (QED) is 0.315. The van der Waals surface area contributed by atoms with Gasteiger partial charge in [0.05, 0.1) is 0 Å². The van der Waals surface area contributed by atoms with Crippen molar-refractivity contribution in [1.29, 1.82) is 0 Å². The number of hydrogen-bond donors (Lipinski definition) is 5. The van der Waals surface area contributed by atoms with Gasteiger partial charge in [-0.3, -0.25) is 0 Å². The zero-order valence-electron chi connectivity index (χ0n) is 6.36. The Balaban J connectivity index is 4.26. The molecule has 0 aromatic rings. The second-order valence-corrected chi connectivity index (χ2v) is 2.54. The molecule has 5 nitrogen and oxygen atoms in total. The molecule has 0 aliphatic heterocycles. The molecular formula is C6H14O5. The fourth-order valence-corrected chi connectivity index (χ4v) is 0.675. The van der Waals surface area contributed by atoms with E-state index in [0.717, 1.165) is 0 Å². The Morgan fingerprint density at radius 2 is 1.45 bits per heavy atom. The molecule has 0 aliphatic carbocycles. The summed E-state index contributed by atoms with van der Waals surface area (Å²) in [5.41, 5.74) is 0. The molecule has 0 saturated carbocycles. The maximum atomic E-state index is 8.94. The number of aliphatic hydroxyl groups is 5. The first-order chi connectivity index (χ1) is 4.87. The lowest BCUT2D eigenvalue weighted by atomic mass is 10.0. The van der Waals surface area contributed by atoms with Crippen LogP contribution in [0, 0.1) is 0 Å². The first-order valence-electron chi connectivity index (χ1n) is 3.37. The van der Waals surface area contributed by atoms with Crippen LogP contribution in [0.4, 0.5) is 0 Å². The van der Waals surface area contributed by atoms with Gasteiger partial charge in [0.2, 0.25) is 11.6 Å². The number of hydrogen-bond acceptors (Lipinski definition) is 5. The molecule has 0 spiro atoms. The second-order valence-electron chi connectivity index (χ2n) is 2.54. The summed E-state index contributed by atoms with van der Waals surface area (Å²) in [6.07, 6.45) is 0.163. The molecule has 0 amide bonds. The summed E-state index contributed by atoms with van der Waals surface area (Å²) in [5, 5.41) is 43.8. The van der Waals surface area contributed by atoms with Gasteiger partial charge in [-0.05, 0) is 0 Å². The van der Waals surface area contributed by atoms with E-state index >= 15 is 0 Å². The van der Waals surface area contributed by atoms with E-state index in [0.29, 0.717) is 6.42 Å². The molecule has 0 rings (SSSR count). The Morgan fingerprint density at radius 1 is 1.00 bits per heavy atom. The summed E-state index contributed by atoms with van der Waals surface area (Å²) >= 11 is 0. The highest BCUT2D eigenvalue weighted by molar-refractivity contribution is 4.80. The van der Waals surface area contributed by atoms with Gasteiger partial charge in [0.1, 0.15) is 6.61 Å². The van der Waals surface area contributed by atoms with E-state index in [2.05, 4.69) is 0 Å². The molecular weight excluding hydrogens is 152 g/mol. The van der Waals surface area contributed by atoms with Gasteiger partial charge < -0.3 is 25.5 Å². The number of rotatable bonds is 4. The number of aliphatic hydroxyl groups excluding tert-OH is 1. The third kappa shape index (κ3) is 2.39. The Morgan fingerprint density at radius 3 is 1.73 bits per heavy atom. The summed E-state index contributed by atoms with van der Waals surface area (Å²) in [4.78, 5) is 0. The van der Waals surface area contributed by atoms with E-state index in [4.69, 9.17) is 25.5 Å². The van der Waals surface area contributed by atoms with Crippen molar-refractivity contribution in [3.05, 3.63) is 0 Å². The minimum absolute atomic E-state index is 0.208. The topological polar surface area (TPSA) is 101 Å². The highest BCUT2D eigenvalue weighted by Crippen LogP contribution is 2.21. The summed E-state index contributed by atoms with van der Waals surface area (Å²) < 4.78 is 0. The summed E-state index contributed by atoms with van der Waals surface area (Å²) in [5.74, 6) is -5.49. The fourth-order valence-electron chi connectivity index (χ4n) is 0.675. The van der Waals surface area contributed by atoms with Gasteiger partial charge in [-0.1, -0.05) is 13.3 Å². The Kier molecular flexibility index (Phi) is 3.40. The van der Waals surface area contributed by atoms with Crippen LogP contribution in [0.1, 0.15) is 19.8 Å². The minimum atomic E-state index is -2.84. The smallest absolute Gasteiger partial charge is 0.242 e. The van der Waals surface area contributed by atoms with Crippen molar-refractivity contribution in [1.82, 2.24) is 0 Å². The van der Waals surface area contributed by atoms with Crippen LogP contribution in [-0.4, -0.2) is 43.7 Å². The molecule has 11 heavy (non-hydrogen) atoms. The molecule has 0 aromatic heterocycles. The normalized spacial score (nSPS) is 13.6. The van der Waals surface area contributed by atoms with E-state index in [1.165, 1.54) is 0 Å². The fraction of sp³-hybridized carbons (Fsp3) is 1.00. The first kappa shape index (κ1) is 10.8. The SMILES string of the molecule is CCCC(O)(O)C(O)(O)CO. The van der Waals surface area contributed by atoms with Gasteiger partial charge in [0, 0.05) is 6.42 Å². The first-order valence-corrected chi connectivity index (χ1v) is 3.37. The molecule has 0 unspecified atom stereocenters.